The first-order chi connectivity index (χ1) is 6.60. The number of pyridine rings is 1. The average molecular weight is 224 g/mol. The Bertz CT molecular complexity index is 333. The number of methoxy groups -OCH3 is 1. The van der Waals surface area contributed by atoms with E-state index in [0.29, 0.717) is 0 Å². The zero-order chi connectivity index (χ0) is 10.7. The number of aromatic nitrogens is 1. The van der Waals surface area contributed by atoms with Crippen molar-refractivity contribution in [1.82, 2.24) is 4.98 Å². The molecule has 0 amide bonds. The zero-order valence-corrected chi connectivity index (χ0v) is 8.05. The molecule has 3 nitrogen and oxygen atoms in total. The third-order valence-electron chi connectivity index (χ3n) is 1.64. The molecule has 0 bridgehead atoms. The summed E-state index contributed by atoms with van der Waals surface area (Å²) in [5.74, 6) is -0.220. The van der Waals surface area contributed by atoms with E-state index in [0.717, 1.165) is 6.07 Å². The molecule has 0 saturated heterocycles. The lowest BCUT2D eigenvalue weighted by Gasteiger charge is -2.09. The number of hydrogen-bond donors (Lipinski definition) is 1. The zero-order valence-electron chi connectivity index (χ0n) is 7.30. The summed E-state index contributed by atoms with van der Waals surface area (Å²) in [6.45, 7) is -0.435. The largest absolute Gasteiger partial charge is 0.481 e. The monoisotopic (exact) mass is 223 g/mol. The Kier molecular flexibility index (Phi) is 3.60. The highest BCUT2D eigenvalue weighted by Gasteiger charge is 2.18. The smallest absolute Gasteiger partial charge is 0.269 e. The van der Waals surface area contributed by atoms with Crippen LogP contribution in [-0.2, 0) is 6.61 Å². The fourth-order valence-electron chi connectivity index (χ4n) is 0.965. The van der Waals surface area contributed by atoms with Gasteiger partial charge in [0, 0.05) is 5.56 Å². The van der Waals surface area contributed by atoms with Gasteiger partial charge in [-0.1, -0.05) is 11.6 Å². The second kappa shape index (κ2) is 4.52. The van der Waals surface area contributed by atoms with Gasteiger partial charge in [-0.15, -0.1) is 0 Å². The quantitative estimate of drug-likeness (QED) is 0.799. The Morgan fingerprint density at radius 1 is 1.64 bits per heavy atom. The summed E-state index contributed by atoms with van der Waals surface area (Å²) in [6, 6.07) is 1.08. The summed E-state index contributed by atoms with van der Waals surface area (Å²) < 4.78 is 29.5. The van der Waals surface area contributed by atoms with E-state index in [1.54, 1.807) is 0 Å². The molecule has 0 aliphatic carbocycles. The normalized spacial score (nSPS) is 10.7. The molecule has 78 valence electrons. The van der Waals surface area contributed by atoms with Crippen molar-refractivity contribution in [3.63, 3.8) is 0 Å². The number of rotatable bonds is 3. The van der Waals surface area contributed by atoms with E-state index in [2.05, 4.69) is 9.72 Å². The molecule has 0 aliphatic heterocycles. The molecule has 0 saturated carbocycles. The Labute approximate surface area is 84.3 Å². The minimum Gasteiger partial charge on any atom is -0.481 e. The molecule has 1 rings (SSSR count). The molecule has 1 aromatic heterocycles. The van der Waals surface area contributed by atoms with Gasteiger partial charge in [0.15, 0.2) is 0 Å². The van der Waals surface area contributed by atoms with Gasteiger partial charge in [-0.25, -0.2) is 13.8 Å². The Morgan fingerprint density at radius 3 is 2.71 bits per heavy atom. The maximum Gasteiger partial charge on any atom is 0.269 e. The fraction of sp³-hybridized carbons (Fsp3) is 0.375. The molecule has 14 heavy (non-hydrogen) atoms. The number of aliphatic hydroxyl groups is 1. The van der Waals surface area contributed by atoms with Gasteiger partial charge in [-0.3, -0.25) is 0 Å². The molecule has 1 heterocycles. The van der Waals surface area contributed by atoms with Crippen molar-refractivity contribution in [2.45, 2.75) is 13.0 Å². The minimum absolute atomic E-state index is 0.0336. The summed E-state index contributed by atoms with van der Waals surface area (Å²) in [4.78, 5) is 3.59. The molecular formula is C8H8ClF2NO2. The van der Waals surface area contributed by atoms with Crippen molar-refractivity contribution in [1.29, 1.82) is 0 Å². The standard InChI is InChI=1S/C8H8ClF2NO2/c1-14-8-5(7(10)11)2-4(3-13)6(9)12-8/h2,7,13H,3H2,1H3. The van der Waals surface area contributed by atoms with Gasteiger partial charge in [0.05, 0.1) is 19.3 Å². The highest BCUT2D eigenvalue weighted by Crippen LogP contribution is 2.30. The first-order valence-electron chi connectivity index (χ1n) is 3.72. The Balaban J connectivity index is 3.25. The van der Waals surface area contributed by atoms with Crippen molar-refractivity contribution in [3.05, 3.63) is 22.3 Å². The summed E-state index contributed by atoms with van der Waals surface area (Å²) in [5, 5.41) is 8.74. The molecular weight excluding hydrogens is 216 g/mol. The highest BCUT2D eigenvalue weighted by molar-refractivity contribution is 6.30. The number of alkyl halides is 2. The van der Waals surface area contributed by atoms with Crippen LogP contribution in [0.1, 0.15) is 17.6 Å². The molecule has 0 fully saturated rings. The van der Waals surface area contributed by atoms with Crippen molar-refractivity contribution >= 4 is 11.6 Å². The lowest BCUT2D eigenvalue weighted by Crippen LogP contribution is -1.99. The van der Waals surface area contributed by atoms with Crippen LogP contribution in [0.2, 0.25) is 5.15 Å². The van der Waals surface area contributed by atoms with Crippen molar-refractivity contribution < 1.29 is 18.6 Å². The van der Waals surface area contributed by atoms with Gasteiger partial charge in [-0.2, -0.15) is 0 Å². The van der Waals surface area contributed by atoms with Crippen LogP contribution in [0, 0.1) is 0 Å². The molecule has 1 N–H and O–H groups in total. The van der Waals surface area contributed by atoms with E-state index in [9.17, 15) is 8.78 Å². The topological polar surface area (TPSA) is 42.4 Å². The Morgan fingerprint density at radius 2 is 2.29 bits per heavy atom. The van der Waals surface area contributed by atoms with E-state index in [1.807, 2.05) is 0 Å². The SMILES string of the molecule is COc1nc(Cl)c(CO)cc1C(F)F. The van der Waals surface area contributed by atoms with Crippen LogP contribution < -0.4 is 4.74 Å². The van der Waals surface area contributed by atoms with Gasteiger partial charge in [-0.05, 0) is 6.07 Å². The molecule has 6 heteroatoms. The van der Waals surface area contributed by atoms with Crippen LogP contribution in [-0.4, -0.2) is 17.2 Å². The summed E-state index contributed by atoms with van der Waals surface area (Å²) in [7, 11) is 1.23. The lowest BCUT2D eigenvalue weighted by atomic mass is 10.2. The van der Waals surface area contributed by atoms with Crippen molar-refractivity contribution in [2.24, 2.45) is 0 Å². The number of ether oxygens (including phenoxy) is 1. The van der Waals surface area contributed by atoms with Gasteiger partial charge in [0.2, 0.25) is 5.88 Å². The number of nitrogens with zero attached hydrogens (tertiary/aromatic N) is 1. The van der Waals surface area contributed by atoms with E-state index in [-0.39, 0.29) is 22.2 Å². The van der Waals surface area contributed by atoms with Crippen LogP contribution in [0.5, 0.6) is 5.88 Å². The minimum atomic E-state index is -2.71. The van der Waals surface area contributed by atoms with Crippen LogP contribution in [0.3, 0.4) is 0 Å². The molecule has 1 aromatic rings. The van der Waals surface area contributed by atoms with Crippen LogP contribution in [0.4, 0.5) is 8.78 Å². The molecule has 0 radical (unpaired) electrons. The predicted octanol–water partition coefficient (Wildman–Crippen LogP) is 2.17. The fourth-order valence-corrected chi connectivity index (χ4v) is 1.16. The summed E-state index contributed by atoms with van der Waals surface area (Å²) in [5.41, 5.74) is -0.219. The van der Waals surface area contributed by atoms with Gasteiger partial charge in [0.25, 0.3) is 6.43 Å². The predicted molar refractivity (Wildman–Crippen MR) is 46.7 cm³/mol. The van der Waals surface area contributed by atoms with Gasteiger partial charge in [0.1, 0.15) is 5.15 Å². The number of aliphatic hydroxyl groups excluding tert-OH is 1. The first kappa shape index (κ1) is 11.1. The van der Waals surface area contributed by atoms with Crippen LogP contribution in [0.25, 0.3) is 0 Å². The van der Waals surface area contributed by atoms with E-state index < -0.39 is 13.0 Å². The van der Waals surface area contributed by atoms with Crippen LogP contribution >= 0.6 is 11.6 Å². The summed E-state index contributed by atoms with van der Waals surface area (Å²) in [6.07, 6.45) is -2.71. The lowest BCUT2D eigenvalue weighted by molar-refractivity contribution is 0.145. The van der Waals surface area contributed by atoms with Crippen molar-refractivity contribution in [2.75, 3.05) is 7.11 Å². The maximum atomic E-state index is 12.4. The molecule has 0 atom stereocenters. The third-order valence-corrected chi connectivity index (χ3v) is 1.97. The average Bonchev–Trinajstić information content (AvgIpc) is 2.16. The van der Waals surface area contributed by atoms with E-state index >= 15 is 0 Å². The Hall–Kier alpha value is -0.940. The molecule has 0 spiro atoms. The number of hydrogen-bond acceptors (Lipinski definition) is 3. The summed E-state index contributed by atoms with van der Waals surface area (Å²) >= 11 is 5.59. The second-order valence-corrected chi connectivity index (χ2v) is 2.85. The molecule has 0 aromatic carbocycles. The van der Waals surface area contributed by atoms with Gasteiger partial charge < -0.3 is 9.84 Å². The first-order valence-corrected chi connectivity index (χ1v) is 4.10. The van der Waals surface area contributed by atoms with Crippen LogP contribution in [0.15, 0.2) is 6.07 Å². The number of halogens is 3. The van der Waals surface area contributed by atoms with E-state index in [1.165, 1.54) is 7.11 Å². The molecule has 0 aliphatic rings. The second-order valence-electron chi connectivity index (χ2n) is 2.50. The molecule has 0 unspecified atom stereocenters. The highest BCUT2D eigenvalue weighted by atomic mass is 35.5. The van der Waals surface area contributed by atoms with Crippen molar-refractivity contribution in [3.8, 4) is 5.88 Å². The van der Waals surface area contributed by atoms with Gasteiger partial charge >= 0.3 is 0 Å². The third kappa shape index (κ3) is 2.10. The van der Waals surface area contributed by atoms with E-state index in [4.69, 9.17) is 16.7 Å². The maximum absolute atomic E-state index is 12.4.